The van der Waals surface area contributed by atoms with Gasteiger partial charge in [-0.3, -0.25) is 14.5 Å². The Balaban J connectivity index is 1.31. The maximum absolute atomic E-state index is 13.1. The molecule has 4 aliphatic rings. The van der Waals surface area contributed by atoms with Crippen LogP contribution in [0.5, 0.6) is 0 Å². The Morgan fingerprint density at radius 1 is 1.22 bits per heavy atom. The number of rotatable bonds is 5. The van der Waals surface area contributed by atoms with Gasteiger partial charge >= 0.3 is 5.97 Å². The third-order valence-corrected chi connectivity index (χ3v) is 8.55. The lowest BCUT2D eigenvalue weighted by atomic mass is 9.48. The smallest absolute Gasteiger partial charge is 0.312 e. The lowest BCUT2D eigenvalue weighted by molar-refractivity contribution is -0.197. The zero-order chi connectivity index (χ0) is 22.7. The SMILES string of the molecule is CC(=O)N(c1nc(COC(=O)C23C[C@H]4C[C@@H](CC(O)(C4)C2)C3)cs1)c1cccc(C)c1C. The summed E-state index contributed by atoms with van der Waals surface area (Å²) >= 11 is 1.37. The maximum atomic E-state index is 13.1. The summed E-state index contributed by atoms with van der Waals surface area (Å²) in [6, 6.07) is 5.87. The van der Waals surface area contributed by atoms with E-state index in [-0.39, 0.29) is 18.5 Å². The number of hydrogen-bond acceptors (Lipinski definition) is 6. The average molecular weight is 455 g/mol. The van der Waals surface area contributed by atoms with E-state index in [0.29, 0.717) is 29.1 Å². The second-order valence-corrected chi connectivity index (χ2v) is 11.1. The third kappa shape index (κ3) is 3.65. The molecule has 1 heterocycles. The quantitative estimate of drug-likeness (QED) is 0.655. The van der Waals surface area contributed by atoms with Crippen molar-refractivity contribution >= 4 is 34.0 Å². The largest absolute Gasteiger partial charge is 0.459 e. The molecule has 1 aromatic carbocycles. The van der Waals surface area contributed by atoms with Gasteiger partial charge in [-0.05, 0) is 81.4 Å². The maximum Gasteiger partial charge on any atom is 0.312 e. The fourth-order valence-corrected chi connectivity index (χ4v) is 7.46. The van der Waals surface area contributed by atoms with Crippen molar-refractivity contribution in [3.05, 3.63) is 40.4 Å². The standard InChI is InChI=1S/C25H30N2O4S/c1-15-5-4-6-21(16(15)2)27(17(3)28)23-26-20(13-32-23)12-31-22(29)24-8-18-7-19(9-24)11-25(30,10-18)14-24/h4-6,13,18-19,30H,7-12,14H2,1-3H3/t18-,19-,24?,25?/m1/s1. The van der Waals surface area contributed by atoms with Crippen LogP contribution in [0.4, 0.5) is 10.8 Å². The number of benzene rings is 1. The summed E-state index contributed by atoms with van der Waals surface area (Å²) in [6.45, 7) is 5.63. The number of aryl methyl sites for hydroxylation is 1. The molecule has 0 aliphatic heterocycles. The molecule has 170 valence electrons. The van der Waals surface area contributed by atoms with Crippen molar-refractivity contribution in [2.24, 2.45) is 17.3 Å². The van der Waals surface area contributed by atoms with Gasteiger partial charge in [0.05, 0.1) is 22.4 Å². The molecule has 4 fully saturated rings. The van der Waals surface area contributed by atoms with E-state index in [1.807, 2.05) is 37.4 Å². The number of aromatic nitrogens is 1. The van der Waals surface area contributed by atoms with Crippen molar-refractivity contribution < 1.29 is 19.4 Å². The number of nitrogens with zero attached hydrogens (tertiary/aromatic N) is 2. The Kier molecular flexibility index (Phi) is 5.17. The van der Waals surface area contributed by atoms with Crippen molar-refractivity contribution in [1.29, 1.82) is 0 Å². The highest BCUT2D eigenvalue weighted by Crippen LogP contribution is 2.62. The predicted molar refractivity (Wildman–Crippen MR) is 123 cm³/mol. The van der Waals surface area contributed by atoms with Crippen molar-refractivity contribution in [2.75, 3.05) is 4.90 Å². The minimum Gasteiger partial charge on any atom is -0.459 e. The van der Waals surface area contributed by atoms with Crippen LogP contribution in [-0.2, 0) is 20.9 Å². The number of ether oxygens (including phenoxy) is 1. The van der Waals surface area contributed by atoms with Crippen LogP contribution in [0, 0.1) is 31.1 Å². The summed E-state index contributed by atoms with van der Waals surface area (Å²) in [6.07, 6.45) is 4.97. The van der Waals surface area contributed by atoms with Crippen LogP contribution < -0.4 is 4.90 Å². The second-order valence-electron chi connectivity index (χ2n) is 10.2. The number of anilines is 2. The van der Waals surface area contributed by atoms with Gasteiger partial charge in [0.1, 0.15) is 6.61 Å². The normalized spacial score (nSPS) is 30.4. The summed E-state index contributed by atoms with van der Waals surface area (Å²) in [7, 11) is 0. The fraction of sp³-hybridized carbons (Fsp3) is 0.560. The van der Waals surface area contributed by atoms with Crippen LogP contribution in [-0.4, -0.2) is 27.6 Å². The Morgan fingerprint density at radius 2 is 1.94 bits per heavy atom. The molecule has 1 aromatic heterocycles. The Labute approximate surface area is 192 Å². The van der Waals surface area contributed by atoms with Gasteiger partial charge in [0.15, 0.2) is 5.13 Å². The molecule has 6 rings (SSSR count). The highest BCUT2D eigenvalue weighted by atomic mass is 32.1. The molecular weight excluding hydrogens is 424 g/mol. The van der Waals surface area contributed by atoms with Gasteiger partial charge in [-0.1, -0.05) is 12.1 Å². The van der Waals surface area contributed by atoms with Gasteiger partial charge in [0.2, 0.25) is 5.91 Å². The fourth-order valence-electron chi connectivity index (χ4n) is 6.60. The van der Waals surface area contributed by atoms with Crippen LogP contribution >= 0.6 is 11.3 Å². The van der Waals surface area contributed by atoms with Crippen LogP contribution in [0.15, 0.2) is 23.6 Å². The topological polar surface area (TPSA) is 79.7 Å². The number of esters is 1. The number of hydrogen-bond donors (Lipinski definition) is 1. The number of aliphatic hydroxyl groups is 1. The van der Waals surface area contributed by atoms with Crippen molar-refractivity contribution in [1.82, 2.24) is 4.98 Å². The van der Waals surface area contributed by atoms with Crippen LogP contribution in [0.2, 0.25) is 0 Å². The number of carbonyl (C=O) groups excluding carboxylic acids is 2. The molecule has 0 unspecified atom stereocenters. The molecule has 4 bridgehead atoms. The summed E-state index contributed by atoms with van der Waals surface area (Å²) in [5, 5.41) is 13.3. The molecule has 4 saturated carbocycles. The minimum absolute atomic E-state index is 0.0867. The number of thiazole rings is 1. The predicted octanol–water partition coefficient (Wildman–Crippen LogP) is 4.82. The van der Waals surface area contributed by atoms with Gasteiger partial charge in [0, 0.05) is 12.3 Å². The van der Waals surface area contributed by atoms with E-state index in [0.717, 1.165) is 48.9 Å². The summed E-state index contributed by atoms with van der Waals surface area (Å²) in [5.41, 5.74) is 2.37. The van der Waals surface area contributed by atoms with E-state index in [2.05, 4.69) is 4.98 Å². The van der Waals surface area contributed by atoms with Crippen LogP contribution in [0.1, 0.15) is 62.3 Å². The summed E-state index contributed by atoms with van der Waals surface area (Å²) in [4.78, 5) is 31.8. The first-order valence-electron chi connectivity index (χ1n) is 11.4. The molecule has 1 N–H and O–H groups in total. The van der Waals surface area contributed by atoms with E-state index in [1.165, 1.54) is 18.3 Å². The Morgan fingerprint density at radius 3 is 2.59 bits per heavy atom. The molecule has 4 aliphatic carbocycles. The minimum atomic E-state index is -0.690. The summed E-state index contributed by atoms with van der Waals surface area (Å²) < 4.78 is 5.75. The lowest BCUT2D eigenvalue weighted by Gasteiger charge is -2.58. The molecule has 1 amide bonds. The van der Waals surface area contributed by atoms with Crippen molar-refractivity contribution in [3.8, 4) is 0 Å². The molecule has 2 aromatic rings. The molecule has 7 heteroatoms. The van der Waals surface area contributed by atoms with Gasteiger partial charge in [0.25, 0.3) is 0 Å². The van der Waals surface area contributed by atoms with Crippen molar-refractivity contribution in [3.63, 3.8) is 0 Å². The van der Waals surface area contributed by atoms with E-state index < -0.39 is 11.0 Å². The molecule has 2 atom stereocenters. The summed E-state index contributed by atoms with van der Waals surface area (Å²) in [5.74, 6) is 0.554. The first-order valence-corrected chi connectivity index (χ1v) is 12.3. The lowest BCUT2D eigenvalue weighted by Crippen LogP contribution is -2.58. The van der Waals surface area contributed by atoms with E-state index in [1.54, 1.807) is 4.90 Å². The van der Waals surface area contributed by atoms with Gasteiger partial charge < -0.3 is 9.84 Å². The van der Waals surface area contributed by atoms with Gasteiger partial charge in [-0.15, -0.1) is 11.3 Å². The molecule has 6 nitrogen and oxygen atoms in total. The third-order valence-electron chi connectivity index (χ3n) is 7.68. The molecule has 0 spiro atoms. The highest BCUT2D eigenvalue weighted by molar-refractivity contribution is 7.14. The molecule has 0 radical (unpaired) electrons. The zero-order valence-electron chi connectivity index (χ0n) is 18.9. The van der Waals surface area contributed by atoms with Crippen LogP contribution in [0.25, 0.3) is 0 Å². The average Bonchev–Trinajstić information content (AvgIpc) is 3.16. The van der Waals surface area contributed by atoms with E-state index in [9.17, 15) is 14.7 Å². The monoisotopic (exact) mass is 454 g/mol. The van der Waals surface area contributed by atoms with E-state index in [4.69, 9.17) is 4.74 Å². The first kappa shape index (κ1) is 21.6. The number of carbonyl (C=O) groups is 2. The highest BCUT2D eigenvalue weighted by Gasteiger charge is 2.60. The second kappa shape index (κ2) is 7.66. The first-order chi connectivity index (χ1) is 15.2. The van der Waals surface area contributed by atoms with Gasteiger partial charge in [-0.25, -0.2) is 4.98 Å². The zero-order valence-corrected chi connectivity index (χ0v) is 19.7. The van der Waals surface area contributed by atoms with Crippen molar-refractivity contribution in [2.45, 2.75) is 71.5 Å². The molecule has 0 saturated heterocycles. The Hall–Kier alpha value is -2.25. The van der Waals surface area contributed by atoms with Crippen LogP contribution in [0.3, 0.4) is 0 Å². The molecule has 32 heavy (non-hydrogen) atoms. The molecular formula is C25H30N2O4S. The van der Waals surface area contributed by atoms with Gasteiger partial charge in [-0.2, -0.15) is 0 Å². The van der Waals surface area contributed by atoms with E-state index >= 15 is 0 Å². The number of amides is 1. The Bertz CT molecular complexity index is 1060.